The van der Waals surface area contributed by atoms with Crippen LogP contribution in [0.2, 0.25) is 0 Å². The Morgan fingerprint density at radius 1 is 1.06 bits per heavy atom. The predicted molar refractivity (Wildman–Crippen MR) is 123 cm³/mol. The molecule has 1 aliphatic rings. The number of para-hydroxylation sites is 2. The zero-order chi connectivity index (χ0) is 22.3. The highest BCUT2D eigenvalue weighted by Gasteiger charge is 2.23. The van der Waals surface area contributed by atoms with Crippen molar-refractivity contribution in [2.45, 2.75) is 32.9 Å². The number of rotatable bonds is 10. The monoisotopic (exact) mass is 445 g/mol. The number of carbonyl (C=O) groups excluding carboxylic acids is 1. The molecule has 1 aliphatic heterocycles. The molecule has 31 heavy (non-hydrogen) atoms. The molecule has 1 amide bonds. The lowest BCUT2D eigenvalue weighted by Gasteiger charge is -2.24. The number of hydrogen-bond donors (Lipinski definition) is 1. The summed E-state index contributed by atoms with van der Waals surface area (Å²) in [5, 5.41) is 2.82. The molecular weight excluding hydrogens is 414 g/mol. The molecule has 0 saturated carbocycles. The maximum absolute atomic E-state index is 12.5. The van der Waals surface area contributed by atoms with Crippen molar-refractivity contribution < 1.29 is 17.9 Å². The number of sulfonamides is 1. The minimum atomic E-state index is -3.67. The summed E-state index contributed by atoms with van der Waals surface area (Å²) in [6.07, 6.45) is 3.62. The highest BCUT2D eigenvalue weighted by Crippen LogP contribution is 2.29. The fourth-order valence-corrected chi connectivity index (χ4v) is 4.53. The van der Waals surface area contributed by atoms with Gasteiger partial charge in [-0.2, -0.15) is 0 Å². The van der Waals surface area contributed by atoms with E-state index in [0.717, 1.165) is 35.8 Å². The fraction of sp³-hybridized carbons (Fsp3) is 0.435. The van der Waals surface area contributed by atoms with Crippen LogP contribution in [0.15, 0.2) is 48.5 Å². The van der Waals surface area contributed by atoms with E-state index in [0.29, 0.717) is 24.6 Å². The second kappa shape index (κ2) is 10.6. The first-order chi connectivity index (χ1) is 14.9. The van der Waals surface area contributed by atoms with Gasteiger partial charge < -0.3 is 10.1 Å². The van der Waals surface area contributed by atoms with E-state index in [1.807, 2.05) is 19.1 Å². The summed E-state index contributed by atoms with van der Waals surface area (Å²) >= 11 is 0. The van der Waals surface area contributed by atoms with Gasteiger partial charge in [-0.1, -0.05) is 36.4 Å². The smallest absolute Gasteiger partial charge is 0.241 e. The van der Waals surface area contributed by atoms with Crippen molar-refractivity contribution in [1.29, 1.82) is 0 Å². The molecule has 1 heterocycles. The summed E-state index contributed by atoms with van der Waals surface area (Å²) in [7, 11) is -3.67. The molecule has 2 aromatic carbocycles. The average molecular weight is 446 g/mol. The summed E-state index contributed by atoms with van der Waals surface area (Å²) in [6, 6.07) is 15.0. The van der Waals surface area contributed by atoms with Gasteiger partial charge in [-0.15, -0.1) is 0 Å². The molecule has 3 rings (SSSR count). The van der Waals surface area contributed by atoms with Crippen LogP contribution in [-0.2, 0) is 27.9 Å². The molecule has 1 saturated heterocycles. The number of benzene rings is 2. The first-order valence-electron chi connectivity index (χ1n) is 10.6. The SMILES string of the molecule is CCOc1ccccc1N(CC(=O)NCc1ccc(CN2CCCC2)cc1)S(C)(=O)=O. The number of nitrogens with one attached hydrogen (secondary N) is 1. The normalized spacial score (nSPS) is 14.4. The second-order valence-corrected chi connectivity index (χ2v) is 9.65. The second-order valence-electron chi connectivity index (χ2n) is 7.75. The maximum Gasteiger partial charge on any atom is 0.241 e. The van der Waals surface area contributed by atoms with Crippen LogP contribution in [0.1, 0.15) is 30.9 Å². The highest BCUT2D eigenvalue weighted by atomic mass is 32.2. The van der Waals surface area contributed by atoms with E-state index < -0.39 is 10.0 Å². The van der Waals surface area contributed by atoms with Gasteiger partial charge >= 0.3 is 0 Å². The summed E-state index contributed by atoms with van der Waals surface area (Å²) in [5.74, 6) is 0.0506. The van der Waals surface area contributed by atoms with Gasteiger partial charge in [-0.05, 0) is 56.1 Å². The van der Waals surface area contributed by atoms with Gasteiger partial charge in [0.15, 0.2) is 0 Å². The Labute approximate surface area is 185 Å². The van der Waals surface area contributed by atoms with Crippen molar-refractivity contribution in [3.8, 4) is 5.75 Å². The van der Waals surface area contributed by atoms with Crippen LogP contribution in [0.4, 0.5) is 5.69 Å². The lowest BCUT2D eigenvalue weighted by Crippen LogP contribution is -2.40. The fourth-order valence-electron chi connectivity index (χ4n) is 3.67. The molecule has 0 spiro atoms. The van der Waals surface area contributed by atoms with Crippen molar-refractivity contribution in [2.24, 2.45) is 0 Å². The molecule has 8 heteroatoms. The van der Waals surface area contributed by atoms with Gasteiger partial charge in [-0.25, -0.2) is 8.42 Å². The molecule has 0 unspecified atom stereocenters. The standard InChI is InChI=1S/C23H31N3O4S/c1-3-30-22-9-5-4-8-21(22)26(31(2,28)29)18-23(27)24-16-19-10-12-20(13-11-19)17-25-14-6-7-15-25/h4-5,8-13H,3,6-7,14-18H2,1-2H3,(H,24,27). The van der Waals surface area contributed by atoms with E-state index in [4.69, 9.17) is 4.74 Å². The van der Waals surface area contributed by atoms with Crippen molar-refractivity contribution in [2.75, 3.05) is 36.8 Å². The zero-order valence-electron chi connectivity index (χ0n) is 18.2. The molecule has 2 aromatic rings. The topological polar surface area (TPSA) is 79.0 Å². The van der Waals surface area contributed by atoms with Gasteiger partial charge in [0.2, 0.25) is 15.9 Å². The summed E-state index contributed by atoms with van der Waals surface area (Å²) in [4.78, 5) is 15.0. The molecule has 1 N–H and O–H groups in total. The van der Waals surface area contributed by atoms with E-state index in [1.54, 1.807) is 24.3 Å². The van der Waals surface area contributed by atoms with Crippen LogP contribution in [-0.4, -0.2) is 51.7 Å². The zero-order valence-corrected chi connectivity index (χ0v) is 19.0. The third-order valence-corrected chi connectivity index (χ3v) is 6.37. The minimum absolute atomic E-state index is 0.310. The van der Waals surface area contributed by atoms with E-state index >= 15 is 0 Å². The van der Waals surface area contributed by atoms with E-state index in [1.165, 1.54) is 18.4 Å². The summed E-state index contributed by atoms with van der Waals surface area (Å²) in [5.41, 5.74) is 2.58. The maximum atomic E-state index is 12.5. The highest BCUT2D eigenvalue weighted by molar-refractivity contribution is 7.92. The minimum Gasteiger partial charge on any atom is -0.492 e. The van der Waals surface area contributed by atoms with Crippen LogP contribution in [0.25, 0.3) is 0 Å². The molecule has 0 radical (unpaired) electrons. The van der Waals surface area contributed by atoms with E-state index in [2.05, 4.69) is 22.3 Å². The lowest BCUT2D eigenvalue weighted by atomic mass is 10.1. The largest absolute Gasteiger partial charge is 0.492 e. The van der Waals surface area contributed by atoms with Crippen LogP contribution in [0.5, 0.6) is 5.75 Å². The molecule has 0 aromatic heterocycles. The van der Waals surface area contributed by atoms with Crippen molar-refractivity contribution in [3.63, 3.8) is 0 Å². The summed E-state index contributed by atoms with van der Waals surface area (Å²) in [6.45, 7) is 5.51. The van der Waals surface area contributed by atoms with Gasteiger partial charge in [0.1, 0.15) is 12.3 Å². The lowest BCUT2D eigenvalue weighted by molar-refractivity contribution is -0.119. The Morgan fingerprint density at radius 3 is 2.35 bits per heavy atom. The van der Waals surface area contributed by atoms with Crippen molar-refractivity contribution >= 4 is 21.6 Å². The van der Waals surface area contributed by atoms with Crippen LogP contribution < -0.4 is 14.4 Å². The number of amides is 1. The van der Waals surface area contributed by atoms with Crippen LogP contribution >= 0.6 is 0 Å². The number of hydrogen-bond acceptors (Lipinski definition) is 5. The Bertz CT molecular complexity index is 971. The van der Waals surface area contributed by atoms with Gasteiger partial charge in [-0.3, -0.25) is 14.0 Å². The summed E-state index contributed by atoms with van der Waals surface area (Å²) < 4.78 is 31.3. The Balaban J connectivity index is 1.60. The third-order valence-electron chi connectivity index (χ3n) is 5.24. The number of carbonyl (C=O) groups is 1. The van der Waals surface area contributed by atoms with Gasteiger partial charge in [0.25, 0.3) is 0 Å². The molecule has 7 nitrogen and oxygen atoms in total. The van der Waals surface area contributed by atoms with Gasteiger partial charge in [0, 0.05) is 13.1 Å². The van der Waals surface area contributed by atoms with Crippen molar-refractivity contribution in [1.82, 2.24) is 10.2 Å². The van der Waals surface area contributed by atoms with Crippen LogP contribution in [0.3, 0.4) is 0 Å². The average Bonchev–Trinajstić information content (AvgIpc) is 3.25. The van der Waals surface area contributed by atoms with E-state index in [-0.39, 0.29) is 12.5 Å². The van der Waals surface area contributed by atoms with E-state index in [9.17, 15) is 13.2 Å². The van der Waals surface area contributed by atoms with Crippen molar-refractivity contribution in [3.05, 3.63) is 59.7 Å². The Kier molecular flexibility index (Phi) is 7.92. The molecule has 1 fully saturated rings. The third kappa shape index (κ3) is 6.70. The molecule has 0 bridgehead atoms. The first kappa shape index (κ1) is 23.1. The molecule has 0 aliphatic carbocycles. The molecule has 0 atom stereocenters. The first-order valence-corrected chi connectivity index (χ1v) is 12.5. The molecule has 168 valence electrons. The van der Waals surface area contributed by atoms with Crippen LogP contribution in [0, 0.1) is 0 Å². The molecular formula is C23H31N3O4S. The Hall–Kier alpha value is -2.58. The van der Waals surface area contributed by atoms with Gasteiger partial charge in [0.05, 0.1) is 18.6 Å². The quantitative estimate of drug-likeness (QED) is 0.608. The predicted octanol–water partition coefficient (Wildman–Crippen LogP) is 2.76. The number of nitrogens with zero attached hydrogens (tertiary/aromatic N) is 2. The number of likely N-dealkylation sites (tertiary alicyclic amines) is 1. The Morgan fingerprint density at radius 2 is 1.71 bits per heavy atom. The number of anilines is 1. The number of ether oxygens (including phenoxy) is 1.